The van der Waals surface area contributed by atoms with Gasteiger partial charge in [0.25, 0.3) is 0 Å². The van der Waals surface area contributed by atoms with Gasteiger partial charge in [-0.2, -0.15) is 0 Å². The Kier molecular flexibility index (Phi) is 2.72. The van der Waals surface area contributed by atoms with Crippen LogP contribution in [-0.2, 0) is 0 Å². The van der Waals surface area contributed by atoms with Gasteiger partial charge in [-0.15, -0.1) is 0 Å². The van der Waals surface area contributed by atoms with Gasteiger partial charge in [0.05, 0.1) is 0 Å². The molecule has 0 amide bonds. The summed E-state index contributed by atoms with van der Waals surface area (Å²) in [7, 11) is 1.92. The molecule has 1 aromatic heterocycles. The van der Waals surface area contributed by atoms with E-state index >= 15 is 0 Å². The number of anilines is 3. The first-order valence-electron chi connectivity index (χ1n) is 5.05. The van der Waals surface area contributed by atoms with Crippen LogP contribution in [0.4, 0.5) is 17.3 Å². The molecule has 0 unspecified atom stereocenters. The third-order valence-corrected chi connectivity index (χ3v) is 2.45. The molecule has 4 heteroatoms. The molecule has 0 atom stereocenters. The second kappa shape index (κ2) is 4.18. The summed E-state index contributed by atoms with van der Waals surface area (Å²) in [4.78, 5) is 10.2. The van der Waals surface area contributed by atoms with Crippen molar-refractivity contribution in [2.75, 3.05) is 17.7 Å². The van der Waals surface area contributed by atoms with Crippen molar-refractivity contribution in [3.8, 4) is 0 Å². The van der Waals surface area contributed by atoms with Crippen LogP contribution < -0.4 is 10.6 Å². The van der Waals surface area contributed by atoms with Gasteiger partial charge in [-0.05, 0) is 19.1 Å². The molecule has 2 N–H and O–H groups in total. The maximum Gasteiger partial charge on any atom is 0.175 e. The molecule has 0 aliphatic carbocycles. The fourth-order valence-electron chi connectivity index (χ4n) is 1.49. The normalized spacial score (nSPS) is 10.1. The number of hydrogen-bond donors (Lipinski definition) is 1. The third kappa shape index (κ3) is 1.95. The summed E-state index contributed by atoms with van der Waals surface area (Å²) >= 11 is 0. The topological polar surface area (TPSA) is 55.0 Å². The van der Waals surface area contributed by atoms with E-state index in [-0.39, 0.29) is 0 Å². The zero-order chi connectivity index (χ0) is 11.5. The Hall–Kier alpha value is -2.10. The van der Waals surface area contributed by atoms with Crippen LogP contribution in [0.15, 0.2) is 36.7 Å². The van der Waals surface area contributed by atoms with E-state index in [0.29, 0.717) is 11.6 Å². The quantitative estimate of drug-likeness (QED) is 0.832. The zero-order valence-electron chi connectivity index (χ0n) is 9.38. The summed E-state index contributed by atoms with van der Waals surface area (Å²) in [5.41, 5.74) is 8.04. The van der Waals surface area contributed by atoms with E-state index < -0.39 is 0 Å². The molecule has 1 aromatic carbocycles. The summed E-state index contributed by atoms with van der Waals surface area (Å²) < 4.78 is 0. The van der Waals surface area contributed by atoms with Crippen molar-refractivity contribution in [1.82, 2.24) is 9.97 Å². The van der Waals surface area contributed by atoms with Gasteiger partial charge in [0.2, 0.25) is 0 Å². The van der Waals surface area contributed by atoms with Crippen LogP contribution in [0.1, 0.15) is 5.56 Å². The molecule has 0 radical (unpaired) electrons. The number of rotatable bonds is 2. The average Bonchev–Trinajstić information content (AvgIpc) is 2.30. The van der Waals surface area contributed by atoms with Gasteiger partial charge in [-0.3, -0.25) is 0 Å². The highest BCUT2D eigenvalue weighted by molar-refractivity contribution is 5.67. The van der Waals surface area contributed by atoms with Crippen molar-refractivity contribution in [2.24, 2.45) is 0 Å². The molecule has 2 rings (SSSR count). The predicted molar refractivity (Wildman–Crippen MR) is 65.7 cm³/mol. The summed E-state index contributed by atoms with van der Waals surface area (Å²) in [6, 6.07) is 8.17. The van der Waals surface area contributed by atoms with Crippen molar-refractivity contribution in [3.63, 3.8) is 0 Å². The Balaban J connectivity index is 2.35. The Bertz CT molecular complexity index is 479. The largest absolute Gasteiger partial charge is 0.381 e. The van der Waals surface area contributed by atoms with Crippen molar-refractivity contribution in [1.29, 1.82) is 0 Å². The summed E-state index contributed by atoms with van der Waals surface area (Å²) in [6.07, 6.45) is 3.22. The summed E-state index contributed by atoms with van der Waals surface area (Å²) in [5, 5.41) is 0. The highest BCUT2D eigenvalue weighted by Gasteiger charge is 2.08. The van der Waals surface area contributed by atoms with Gasteiger partial charge in [0, 0.05) is 25.1 Å². The number of aryl methyl sites for hydroxylation is 1. The molecule has 82 valence electrons. The van der Waals surface area contributed by atoms with Crippen LogP contribution >= 0.6 is 0 Å². The number of nitrogen functional groups attached to an aromatic ring is 1. The van der Waals surface area contributed by atoms with E-state index in [1.165, 1.54) is 5.56 Å². The fourth-order valence-corrected chi connectivity index (χ4v) is 1.49. The lowest BCUT2D eigenvalue weighted by Crippen LogP contribution is -2.13. The smallest absolute Gasteiger partial charge is 0.175 e. The van der Waals surface area contributed by atoms with Crippen LogP contribution in [0.25, 0.3) is 0 Å². The maximum absolute atomic E-state index is 5.77. The number of nitrogens with zero attached hydrogens (tertiary/aromatic N) is 3. The molecule has 0 aliphatic rings. The van der Waals surface area contributed by atoms with Crippen LogP contribution in [0.3, 0.4) is 0 Å². The van der Waals surface area contributed by atoms with E-state index in [2.05, 4.69) is 29.0 Å². The average molecular weight is 214 g/mol. The highest BCUT2D eigenvalue weighted by atomic mass is 15.2. The highest BCUT2D eigenvalue weighted by Crippen LogP contribution is 2.24. The van der Waals surface area contributed by atoms with E-state index in [0.717, 1.165) is 5.69 Å². The molecular weight excluding hydrogens is 200 g/mol. The number of aromatic nitrogens is 2. The SMILES string of the molecule is Cc1ccc(N(C)c2nccnc2N)cc1. The van der Waals surface area contributed by atoms with Crippen molar-refractivity contribution < 1.29 is 0 Å². The van der Waals surface area contributed by atoms with Crippen molar-refractivity contribution in [2.45, 2.75) is 6.92 Å². The first-order chi connectivity index (χ1) is 7.68. The number of hydrogen-bond acceptors (Lipinski definition) is 4. The molecule has 0 bridgehead atoms. The molecule has 2 aromatic rings. The van der Waals surface area contributed by atoms with Gasteiger partial charge >= 0.3 is 0 Å². The maximum atomic E-state index is 5.77. The van der Waals surface area contributed by atoms with Crippen molar-refractivity contribution in [3.05, 3.63) is 42.2 Å². The fraction of sp³-hybridized carbons (Fsp3) is 0.167. The molecule has 0 saturated heterocycles. The standard InChI is InChI=1S/C12H14N4/c1-9-3-5-10(6-4-9)16(2)12-11(13)14-7-8-15-12/h3-8H,1-2H3,(H2,13,14). The zero-order valence-corrected chi connectivity index (χ0v) is 9.38. The first-order valence-corrected chi connectivity index (χ1v) is 5.05. The molecular formula is C12H14N4. The molecule has 0 fully saturated rings. The van der Waals surface area contributed by atoms with Crippen LogP contribution in [0.5, 0.6) is 0 Å². The van der Waals surface area contributed by atoms with Gasteiger partial charge in [0.15, 0.2) is 11.6 Å². The summed E-state index contributed by atoms with van der Waals surface area (Å²) in [5.74, 6) is 1.11. The van der Waals surface area contributed by atoms with Crippen LogP contribution in [0.2, 0.25) is 0 Å². The monoisotopic (exact) mass is 214 g/mol. The third-order valence-electron chi connectivity index (χ3n) is 2.45. The number of benzene rings is 1. The van der Waals surface area contributed by atoms with Crippen LogP contribution in [0, 0.1) is 6.92 Å². The Morgan fingerprint density at radius 2 is 1.69 bits per heavy atom. The van der Waals surface area contributed by atoms with E-state index in [1.54, 1.807) is 12.4 Å². The Morgan fingerprint density at radius 3 is 2.31 bits per heavy atom. The minimum Gasteiger partial charge on any atom is -0.381 e. The lowest BCUT2D eigenvalue weighted by atomic mass is 10.2. The molecule has 0 spiro atoms. The molecule has 16 heavy (non-hydrogen) atoms. The van der Waals surface area contributed by atoms with Gasteiger partial charge in [-0.25, -0.2) is 9.97 Å². The van der Waals surface area contributed by atoms with Crippen molar-refractivity contribution >= 4 is 17.3 Å². The lowest BCUT2D eigenvalue weighted by Gasteiger charge is -2.19. The molecule has 4 nitrogen and oxygen atoms in total. The Morgan fingerprint density at radius 1 is 1.06 bits per heavy atom. The molecule has 1 heterocycles. The minimum absolute atomic E-state index is 0.436. The van der Waals surface area contributed by atoms with E-state index in [9.17, 15) is 0 Å². The Labute approximate surface area is 94.8 Å². The first kappa shape index (κ1) is 10.4. The number of nitrogens with two attached hydrogens (primary N) is 1. The predicted octanol–water partition coefficient (Wildman–Crippen LogP) is 2.14. The second-order valence-electron chi connectivity index (χ2n) is 3.66. The molecule has 0 saturated carbocycles. The van der Waals surface area contributed by atoms with E-state index in [1.807, 2.05) is 24.1 Å². The van der Waals surface area contributed by atoms with Gasteiger partial charge in [0.1, 0.15) is 0 Å². The van der Waals surface area contributed by atoms with E-state index in [4.69, 9.17) is 5.73 Å². The van der Waals surface area contributed by atoms with Crippen LogP contribution in [-0.4, -0.2) is 17.0 Å². The van der Waals surface area contributed by atoms with Gasteiger partial charge < -0.3 is 10.6 Å². The minimum atomic E-state index is 0.436. The molecule has 0 aliphatic heterocycles. The van der Waals surface area contributed by atoms with Gasteiger partial charge in [-0.1, -0.05) is 17.7 Å². The lowest BCUT2D eigenvalue weighted by molar-refractivity contribution is 1.09. The second-order valence-corrected chi connectivity index (χ2v) is 3.66. The summed E-state index contributed by atoms with van der Waals surface area (Å²) in [6.45, 7) is 2.06.